The van der Waals surface area contributed by atoms with Gasteiger partial charge >= 0.3 is 5.69 Å². The fourth-order valence-corrected chi connectivity index (χ4v) is 3.16. The van der Waals surface area contributed by atoms with Crippen LogP contribution in [-0.4, -0.2) is 39.5 Å². The van der Waals surface area contributed by atoms with E-state index in [0.717, 1.165) is 29.5 Å². The van der Waals surface area contributed by atoms with Crippen LogP contribution in [0.5, 0.6) is 0 Å². The van der Waals surface area contributed by atoms with Crippen molar-refractivity contribution in [3.05, 3.63) is 68.7 Å². The first kappa shape index (κ1) is 18.1. The molecule has 26 heavy (non-hydrogen) atoms. The summed E-state index contributed by atoms with van der Waals surface area (Å²) in [6.07, 6.45) is 3.12. The predicted molar refractivity (Wildman–Crippen MR) is 94.2 cm³/mol. The van der Waals surface area contributed by atoms with Crippen LogP contribution in [0.1, 0.15) is 18.4 Å². The zero-order valence-corrected chi connectivity index (χ0v) is 14.3. The molecule has 2 aromatic rings. The number of benzene rings is 1. The van der Waals surface area contributed by atoms with Gasteiger partial charge in [0.05, 0.1) is 0 Å². The number of aromatic nitrogens is 2. The fraction of sp³-hybridized carbons (Fsp3) is 0.389. The lowest BCUT2D eigenvalue weighted by Gasteiger charge is -2.33. The van der Waals surface area contributed by atoms with Gasteiger partial charge in [0.15, 0.2) is 0 Å². The Kier molecular flexibility index (Phi) is 5.62. The zero-order valence-electron chi connectivity index (χ0n) is 14.3. The molecule has 1 saturated heterocycles. The second-order valence-corrected chi connectivity index (χ2v) is 6.51. The number of rotatable bonds is 5. The van der Waals surface area contributed by atoms with Gasteiger partial charge < -0.3 is 5.32 Å². The van der Waals surface area contributed by atoms with Crippen LogP contribution in [0.3, 0.4) is 0 Å². The number of nitrogens with one attached hydrogen (secondary N) is 2. The quantitative estimate of drug-likeness (QED) is 0.811. The van der Waals surface area contributed by atoms with Gasteiger partial charge in [0.1, 0.15) is 12.4 Å². The van der Waals surface area contributed by atoms with Crippen molar-refractivity contribution in [2.45, 2.75) is 32.0 Å². The van der Waals surface area contributed by atoms with Gasteiger partial charge in [-0.15, -0.1) is 0 Å². The van der Waals surface area contributed by atoms with Crippen molar-refractivity contribution in [3.8, 4) is 0 Å². The van der Waals surface area contributed by atoms with Gasteiger partial charge in [-0.25, -0.2) is 9.18 Å². The van der Waals surface area contributed by atoms with Crippen LogP contribution in [0.15, 0.2) is 46.1 Å². The van der Waals surface area contributed by atoms with Crippen LogP contribution >= 0.6 is 0 Å². The lowest BCUT2D eigenvalue weighted by atomic mass is 10.0. The summed E-state index contributed by atoms with van der Waals surface area (Å²) in [6, 6.07) is 7.62. The average Bonchev–Trinajstić information content (AvgIpc) is 2.60. The lowest BCUT2D eigenvalue weighted by molar-refractivity contribution is -0.122. The summed E-state index contributed by atoms with van der Waals surface area (Å²) in [7, 11) is 0. The van der Waals surface area contributed by atoms with Gasteiger partial charge in [-0.1, -0.05) is 12.1 Å². The van der Waals surface area contributed by atoms with Gasteiger partial charge in [-0.05, 0) is 37.1 Å². The van der Waals surface area contributed by atoms with E-state index < -0.39 is 11.2 Å². The van der Waals surface area contributed by atoms with Gasteiger partial charge in [-0.2, -0.15) is 0 Å². The number of carbonyl (C=O) groups is 1. The first-order chi connectivity index (χ1) is 12.5. The number of hydrogen-bond donors (Lipinski definition) is 2. The van der Waals surface area contributed by atoms with E-state index in [1.54, 1.807) is 12.1 Å². The van der Waals surface area contributed by atoms with Gasteiger partial charge in [0.2, 0.25) is 5.91 Å². The molecule has 0 saturated carbocycles. The monoisotopic (exact) mass is 360 g/mol. The Morgan fingerprint density at radius 1 is 1.23 bits per heavy atom. The van der Waals surface area contributed by atoms with E-state index in [0.29, 0.717) is 13.1 Å². The van der Waals surface area contributed by atoms with Crippen LogP contribution in [0.25, 0.3) is 0 Å². The van der Waals surface area contributed by atoms with Crippen LogP contribution in [0.2, 0.25) is 0 Å². The third-order valence-corrected chi connectivity index (χ3v) is 4.40. The number of likely N-dealkylation sites (tertiary alicyclic amines) is 1. The number of carbonyl (C=O) groups excluding carboxylic acids is 1. The third-order valence-electron chi connectivity index (χ3n) is 4.40. The van der Waals surface area contributed by atoms with Crippen molar-refractivity contribution in [1.82, 2.24) is 19.8 Å². The Morgan fingerprint density at radius 3 is 2.73 bits per heavy atom. The smallest absolute Gasteiger partial charge is 0.328 e. The topological polar surface area (TPSA) is 87.2 Å². The van der Waals surface area contributed by atoms with Crippen molar-refractivity contribution in [2.24, 2.45) is 0 Å². The molecule has 1 aliphatic rings. The van der Waals surface area contributed by atoms with Crippen molar-refractivity contribution in [1.29, 1.82) is 0 Å². The highest BCUT2D eigenvalue weighted by Crippen LogP contribution is 2.14. The van der Waals surface area contributed by atoms with E-state index in [4.69, 9.17) is 0 Å². The SMILES string of the molecule is O=C(Cn1ccc(=O)[nH]c1=O)N[C@@H]1CCCN(Cc2ccc(F)cc2)C1. The molecular formula is C18H21FN4O3. The van der Waals surface area contributed by atoms with Crippen LogP contribution < -0.4 is 16.6 Å². The maximum absolute atomic E-state index is 13.0. The number of hydrogen-bond acceptors (Lipinski definition) is 4. The van der Waals surface area contributed by atoms with E-state index in [1.165, 1.54) is 24.4 Å². The van der Waals surface area contributed by atoms with Crippen molar-refractivity contribution in [3.63, 3.8) is 0 Å². The second-order valence-electron chi connectivity index (χ2n) is 6.51. The highest BCUT2D eigenvalue weighted by atomic mass is 19.1. The van der Waals surface area contributed by atoms with E-state index in [-0.39, 0.29) is 24.3 Å². The summed E-state index contributed by atoms with van der Waals surface area (Å²) < 4.78 is 14.2. The molecule has 7 nitrogen and oxygen atoms in total. The van der Waals surface area contributed by atoms with Crippen LogP contribution in [0, 0.1) is 5.82 Å². The molecular weight excluding hydrogens is 339 g/mol. The molecule has 0 bridgehead atoms. The number of halogens is 1. The molecule has 2 N–H and O–H groups in total. The summed E-state index contributed by atoms with van der Waals surface area (Å²) in [4.78, 5) is 39.2. The van der Waals surface area contributed by atoms with Crippen LogP contribution in [0.4, 0.5) is 4.39 Å². The Balaban J connectivity index is 1.54. The molecule has 138 valence electrons. The number of piperidine rings is 1. The molecule has 1 aromatic carbocycles. The summed E-state index contributed by atoms with van der Waals surface area (Å²) in [5.41, 5.74) is -0.0669. The molecule has 0 unspecified atom stereocenters. The molecule has 1 aromatic heterocycles. The van der Waals surface area contributed by atoms with Gasteiger partial charge in [0, 0.05) is 31.4 Å². The van der Waals surface area contributed by atoms with Crippen molar-refractivity contribution >= 4 is 5.91 Å². The molecule has 0 aliphatic carbocycles. The van der Waals surface area contributed by atoms with Gasteiger partial charge in [0.25, 0.3) is 5.56 Å². The maximum atomic E-state index is 13.0. The summed E-state index contributed by atoms with van der Waals surface area (Å²) in [6.45, 7) is 2.18. The lowest BCUT2D eigenvalue weighted by Crippen LogP contribution is -2.48. The number of aromatic amines is 1. The minimum absolute atomic E-state index is 0.00448. The van der Waals surface area contributed by atoms with E-state index in [1.807, 2.05) is 0 Å². The first-order valence-electron chi connectivity index (χ1n) is 8.55. The average molecular weight is 360 g/mol. The van der Waals surface area contributed by atoms with E-state index >= 15 is 0 Å². The molecule has 3 rings (SSSR count). The standard InChI is InChI=1S/C18H21FN4O3/c19-14-5-3-13(4-6-14)10-22-8-1-2-15(11-22)20-17(25)12-23-9-7-16(24)21-18(23)26/h3-7,9,15H,1-2,8,10-12H2,(H,20,25)(H,21,24,26)/t15-/m1/s1. The summed E-state index contributed by atoms with van der Waals surface area (Å²) >= 11 is 0. The van der Waals surface area contributed by atoms with Gasteiger partial charge in [-0.3, -0.25) is 24.0 Å². The Labute approximate surface area is 149 Å². The highest BCUT2D eigenvalue weighted by Gasteiger charge is 2.21. The second kappa shape index (κ2) is 8.09. The number of H-pyrrole nitrogens is 1. The third kappa shape index (κ3) is 4.89. The molecule has 0 radical (unpaired) electrons. The van der Waals surface area contributed by atoms with Crippen molar-refractivity contribution < 1.29 is 9.18 Å². The van der Waals surface area contributed by atoms with E-state index in [2.05, 4.69) is 15.2 Å². The Morgan fingerprint density at radius 2 is 2.00 bits per heavy atom. The maximum Gasteiger partial charge on any atom is 0.328 e. The normalized spacial score (nSPS) is 17.8. The predicted octanol–water partition coefficient (Wildman–Crippen LogP) is 0.457. The minimum Gasteiger partial charge on any atom is -0.351 e. The molecule has 2 heterocycles. The fourth-order valence-electron chi connectivity index (χ4n) is 3.16. The number of nitrogens with zero attached hydrogens (tertiary/aromatic N) is 2. The Hall–Kier alpha value is -2.74. The zero-order chi connectivity index (χ0) is 18.5. The van der Waals surface area contributed by atoms with Crippen molar-refractivity contribution in [2.75, 3.05) is 13.1 Å². The Bertz CT molecular complexity index is 875. The molecule has 1 fully saturated rings. The molecule has 0 spiro atoms. The molecule has 1 amide bonds. The first-order valence-corrected chi connectivity index (χ1v) is 8.55. The summed E-state index contributed by atoms with van der Waals surface area (Å²) in [5, 5.41) is 2.94. The minimum atomic E-state index is -0.603. The number of amides is 1. The molecule has 8 heteroatoms. The largest absolute Gasteiger partial charge is 0.351 e. The van der Waals surface area contributed by atoms with E-state index in [9.17, 15) is 18.8 Å². The highest BCUT2D eigenvalue weighted by molar-refractivity contribution is 5.76. The summed E-state index contributed by atoms with van der Waals surface area (Å²) in [5.74, 6) is -0.525. The van der Waals surface area contributed by atoms with Crippen LogP contribution in [-0.2, 0) is 17.9 Å². The molecule has 1 atom stereocenters. The molecule has 1 aliphatic heterocycles.